The summed E-state index contributed by atoms with van der Waals surface area (Å²) in [5.74, 6) is -0.501. The molecule has 0 aromatic heterocycles. The van der Waals surface area contributed by atoms with Crippen LogP contribution in [0.1, 0.15) is 29.8 Å². The van der Waals surface area contributed by atoms with E-state index in [1.807, 2.05) is 30.3 Å². The van der Waals surface area contributed by atoms with Gasteiger partial charge >= 0.3 is 0 Å². The van der Waals surface area contributed by atoms with Gasteiger partial charge in [-0.05, 0) is 48.9 Å². The Balaban J connectivity index is 1.60. The first-order chi connectivity index (χ1) is 15.4. The Morgan fingerprint density at radius 1 is 0.812 bits per heavy atom. The molecule has 0 aliphatic heterocycles. The predicted octanol–water partition coefficient (Wildman–Crippen LogP) is 3.98. The highest BCUT2D eigenvalue weighted by atomic mass is 16.5. The standard InChI is InChI=1S/C25H25N3O4/c1-17(24(30)28-21-14-12-20(13-15-21)27-18(2)29)32-23-11-7-6-10-22(23)25(31)26-16-19-8-4-3-5-9-19/h3-15,17H,16H2,1-2H3,(H,26,31)(H,27,29)(H,28,30)/t17-/m1/s1. The summed E-state index contributed by atoms with van der Waals surface area (Å²) in [5, 5.41) is 8.29. The van der Waals surface area contributed by atoms with Gasteiger partial charge in [-0.1, -0.05) is 42.5 Å². The number of ether oxygens (including phenoxy) is 1. The summed E-state index contributed by atoms with van der Waals surface area (Å²) >= 11 is 0. The highest BCUT2D eigenvalue weighted by molar-refractivity contribution is 5.98. The fourth-order valence-corrected chi connectivity index (χ4v) is 2.96. The van der Waals surface area contributed by atoms with Gasteiger partial charge in [0.2, 0.25) is 5.91 Å². The number of amides is 3. The second-order valence-electron chi connectivity index (χ2n) is 7.17. The van der Waals surface area contributed by atoms with Crippen molar-refractivity contribution in [2.75, 3.05) is 10.6 Å². The Labute approximate surface area is 186 Å². The second-order valence-corrected chi connectivity index (χ2v) is 7.17. The second kappa shape index (κ2) is 10.8. The first-order valence-electron chi connectivity index (χ1n) is 10.2. The molecule has 3 N–H and O–H groups in total. The number of hydrogen-bond donors (Lipinski definition) is 3. The Morgan fingerprint density at radius 2 is 1.41 bits per heavy atom. The van der Waals surface area contributed by atoms with E-state index in [-0.39, 0.29) is 17.7 Å². The number of para-hydroxylation sites is 1. The van der Waals surface area contributed by atoms with Gasteiger partial charge in [0.05, 0.1) is 5.56 Å². The van der Waals surface area contributed by atoms with Gasteiger partial charge in [0.15, 0.2) is 6.10 Å². The van der Waals surface area contributed by atoms with Gasteiger partial charge < -0.3 is 20.7 Å². The number of carbonyl (C=O) groups is 3. The van der Waals surface area contributed by atoms with Crippen LogP contribution in [0.3, 0.4) is 0 Å². The largest absolute Gasteiger partial charge is 0.480 e. The lowest BCUT2D eigenvalue weighted by Gasteiger charge is -2.17. The van der Waals surface area contributed by atoms with Crippen molar-refractivity contribution >= 4 is 29.1 Å². The van der Waals surface area contributed by atoms with E-state index in [9.17, 15) is 14.4 Å². The molecule has 0 aliphatic carbocycles. The summed E-state index contributed by atoms with van der Waals surface area (Å²) in [7, 11) is 0. The molecule has 0 aliphatic rings. The molecular weight excluding hydrogens is 406 g/mol. The average molecular weight is 431 g/mol. The molecule has 0 saturated carbocycles. The maximum Gasteiger partial charge on any atom is 0.265 e. The maximum absolute atomic E-state index is 12.7. The van der Waals surface area contributed by atoms with Crippen molar-refractivity contribution in [3.8, 4) is 5.75 Å². The van der Waals surface area contributed by atoms with Crippen LogP contribution >= 0.6 is 0 Å². The van der Waals surface area contributed by atoms with Crippen LogP contribution in [0.4, 0.5) is 11.4 Å². The van der Waals surface area contributed by atoms with Crippen molar-refractivity contribution < 1.29 is 19.1 Å². The number of nitrogens with one attached hydrogen (secondary N) is 3. The van der Waals surface area contributed by atoms with Crippen LogP contribution in [-0.4, -0.2) is 23.8 Å². The van der Waals surface area contributed by atoms with Crippen LogP contribution < -0.4 is 20.7 Å². The van der Waals surface area contributed by atoms with E-state index in [1.165, 1.54) is 6.92 Å². The average Bonchev–Trinajstić information content (AvgIpc) is 2.79. The van der Waals surface area contributed by atoms with Crippen molar-refractivity contribution in [1.29, 1.82) is 0 Å². The molecule has 3 aromatic carbocycles. The normalized spacial score (nSPS) is 11.2. The third-order valence-corrected chi connectivity index (χ3v) is 4.57. The van der Waals surface area contributed by atoms with Gasteiger partial charge in [-0.15, -0.1) is 0 Å². The molecule has 7 nitrogen and oxygen atoms in total. The van der Waals surface area contributed by atoms with Crippen LogP contribution in [0.2, 0.25) is 0 Å². The summed E-state index contributed by atoms with van der Waals surface area (Å²) in [6.45, 7) is 3.42. The Morgan fingerprint density at radius 3 is 2.06 bits per heavy atom. The summed E-state index contributed by atoms with van der Waals surface area (Å²) in [5.41, 5.74) is 2.53. The number of anilines is 2. The van der Waals surface area contributed by atoms with E-state index in [1.54, 1.807) is 55.5 Å². The number of carbonyl (C=O) groups excluding carboxylic acids is 3. The maximum atomic E-state index is 12.7. The molecule has 32 heavy (non-hydrogen) atoms. The van der Waals surface area contributed by atoms with E-state index >= 15 is 0 Å². The number of benzene rings is 3. The van der Waals surface area contributed by atoms with Crippen molar-refractivity contribution in [2.24, 2.45) is 0 Å². The predicted molar refractivity (Wildman–Crippen MR) is 124 cm³/mol. The summed E-state index contributed by atoms with van der Waals surface area (Å²) < 4.78 is 5.80. The Kier molecular flexibility index (Phi) is 7.59. The van der Waals surface area contributed by atoms with Crippen molar-refractivity contribution in [2.45, 2.75) is 26.5 Å². The van der Waals surface area contributed by atoms with Crippen molar-refractivity contribution in [1.82, 2.24) is 5.32 Å². The molecule has 0 heterocycles. The molecule has 7 heteroatoms. The zero-order valence-corrected chi connectivity index (χ0v) is 17.9. The van der Waals surface area contributed by atoms with E-state index in [0.29, 0.717) is 29.2 Å². The molecule has 164 valence electrons. The van der Waals surface area contributed by atoms with E-state index in [2.05, 4.69) is 16.0 Å². The van der Waals surface area contributed by atoms with E-state index in [0.717, 1.165) is 5.56 Å². The Hall–Kier alpha value is -4.13. The zero-order chi connectivity index (χ0) is 22.9. The van der Waals surface area contributed by atoms with Crippen LogP contribution in [0.5, 0.6) is 5.75 Å². The third-order valence-electron chi connectivity index (χ3n) is 4.57. The molecule has 1 atom stereocenters. The monoisotopic (exact) mass is 431 g/mol. The fraction of sp³-hybridized carbons (Fsp3) is 0.160. The molecule has 0 unspecified atom stereocenters. The molecule has 0 spiro atoms. The lowest BCUT2D eigenvalue weighted by molar-refractivity contribution is -0.122. The molecule has 3 rings (SSSR count). The molecule has 3 aromatic rings. The molecular formula is C25H25N3O4. The van der Waals surface area contributed by atoms with Gasteiger partial charge in [-0.2, -0.15) is 0 Å². The first-order valence-corrected chi connectivity index (χ1v) is 10.2. The lowest BCUT2D eigenvalue weighted by Crippen LogP contribution is -2.31. The molecule has 0 saturated heterocycles. The highest BCUT2D eigenvalue weighted by Gasteiger charge is 2.19. The smallest absolute Gasteiger partial charge is 0.265 e. The lowest BCUT2D eigenvalue weighted by atomic mass is 10.1. The minimum absolute atomic E-state index is 0.171. The van der Waals surface area contributed by atoms with Crippen LogP contribution in [0, 0.1) is 0 Å². The quantitative estimate of drug-likeness (QED) is 0.503. The SMILES string of the molecule is CC(=O)Nc1ccc(NC(=O)[C@@H](C)Oc2ccccc2C(=O)NCc2ccccc2)cc1. The van der Waals surface area contributed by atoms with Crippen LogP contribution in [0.15, 0.2) is 78.9 Å². The van der Waals surface area contributed by atoms with Gasteiger partial charge in [-0.3, -0.25) is 14.4 Å². The van der Waals surface area contributed by atoms with Crippen LogP contribution in [-0.2, 0) is 16.1 Å². The van der Waals surface area contributed by atoms with Crippen LogP contribution in [0.25, 0.3) is 0 Å². The van der Waals surface area contributed by atoms with E-state index < -0.39 is 6.10 Å². The van der Waals surface area contributed by atoms with E-state index in [4.69, 9.17) is 4.74 Å². The van der Waals surface area contributed by atoms with Gasteiger partial charge in [0.1, 0.15) is 5.75 Å². The van der Waals surface area contributed by atoms with Gasteiger partial charge in [0.25, 0.3) is 11.8 Å². The molecule has 0 radical (unpaired) electrons. The number of rotatable bonds is 8. The topological polar surface area (TPSA) is 96.5 Å². The highest BCUT2D eigenvalue weighted by Crippen LogP contribution is 2.20. The van der Waals surface area contributed by atoms with Crippen molar-refractivity contribution in [3.05, 3.63) is 90.0 Å². The molecule has 3 amide bonds. The number of hydrogen-bond acceptors (Lipinski definition) is 4. The fourth-order valence-electron chi connectivity index (χ4n) is 2.96. The summed E-state index contributed by atoms with van der Waals surface area (Å²) in [4.78, 5) is 36.3. The van der Waals surface area contributed by atoms with Crippen molar-refractivity contribution in [3.63, 3.8) is 0 Å². The Bertz CT molecular complexity index is 1080. The zero-order valence-electron chi connectivity index (χ0n) is 17.9. The molecule has 0 fully saturated rings. The third kappa shape index (κ3) is 6.43. The van der Waals surface area contributed by atoms with Gasteiger partial charge in [-0.25, -0.2) is 0 Å². The van der Waals surface area contributed by atoms with Gasteiger partial charge in [0, 0.05) is 24.8 Å². The minimum Gasteiger partial charge on any atom is -0.480 e. The summed E-state index contributed by atoms with van der Waals surface area (Å²) in [6.07, 6.45) is -0.840. The molecule has 0 bridgehead atoms. The first kappa shape index (κ1) is 22.6. The summed E-state index contributed by atoms with van der Waals surface area (Å²) in [6, 6.07) is 23.1. The minimum atomic E-state index is -0.840.